The molecule has 148 valence electrons. The second-order valence-corrected chi connectivity index (χ2v) is 6.54. The quantitative estimate of drug-likeness (QED) is 0.601. The molecule has 0 unspecified atom stereocenters. The molecule has 1 aromatic carbocycles. The summed E-state index contributed by atoms with van der Waals surface area (Å²) in [7, 11) is 0. The molecule has 2 amide bonds. The van der Waals surface area contributed by atoms with Crippen molar-refractivity contribution in [3.8, 4) is 0 Å². The third-order valence-electron chi connectivity index (χ3n) is 4.03. The van der Waals surface area contributed by atoms with E-state index < -0.39 is 18.0 Å². The van der Waals surface area contributed by atoms with Gasteiger partial charge in [-0.25, -0.2) is 14.8 Å². The molecule has 2 N–H and O–H groups in total. The van der Waals surface area contributed by atoms with Gasteiger partial charge in [0.1, 0.15) is 5.52 Å². The Hall–Kier alpha value is -2.81. The van der Waals surface area contributed by atoms with E-state index in [4.69, 9.17) is 11.6 Å². The van der Waals surface area contributed by atoms with Crippen LogP contribution in [0.15, 0.2) is 36.5 Å². The fraction of sp³-hybridized carbons (Fsp3) is 0.278. The molecule has 3 aromatic rings. The lowest BCUT2D eigenvalue weighted by atomic mass is 10.2. The van der Waals surface area contributed by atoms with Gasteiger partial charge in [-0.05, 0) is 43.2 Å². The molecule has 6 nitrogen and oxygen atoms in total. The number of imidazole rings is 1. The van der Waals surface area contributed by atoms with Crippen LogP contribution < -0.4 is 10.6 Å². The zero-order chi connectivity index (χ0) is 20.3. The molecule has 0 saturated carbocycles. The number of hydrogen-bond acceptors (Lipinski definition) is 3. The average molecular weight is 412 g/mol. The Morgan fingerprint density at radius 3 is 2.79 bits per heavy atom. The Morgan fingerprint density at radius 1 is 1.29 bits per heavy atom. The van der Waals surface area contributed by atoms with E-state index >= 15 is 0 Å². The zero-order valence-electron chi connectivity index (χ0n) is 14.8. The summed E-state index contributed by atoms with van der Waals surface area (Å²) in [5, 5.41) is 5.75. The molecule has 0 fully saturated rings. The van der Waals surface area contributed by atoms with Gasteiger partial charge in [0.15, 0.2) is 5.65 Å². The Bertz CT molecular complexity index is 1000. The predicted octanol–water partition coefficient (Wildman–Crippen LogP) is 4.62. The summed E-state index contributed by atoms with van der Waals surface area (Å²) in [6, 6.07) is 7.64. The number of nitrogens with zero attached hydrogens (tertiary/aromatic N) is 3. The van der Waals surface area contributed by atoms with Crippen molar-refractivity contribution >= 4 is 34.5 Å². The normalized spacial score (nSPS) is 11.6. The minimum Gasteiger partial charge on any atom is -0.338 e. The fourth-order valence-corrected chi connectivity index (χ4v) is 2.85. The molecule has 0 spiro atoms. The van der Waals surface area contributed by atoms with E-state index in [0.717, 1.165) is 10.1 Å². The van der Waals surface area contributed by atoms with Gasteiger partial charge < -0.3 is 15.2 Å². The number of aryl methyl sites for hydroxylation is 2. The predicted molar refractivity (Wildman–Crippen MR) is 100 cm³/mol. The number of carbonyl (C=O) groups is 1. The van der Waals surface area contributed by atoms with Crippen molar-refractivity contribution < 1.29 is 18.0 Å². The topological polar surface area (TPSA) is 71.8 Å². The maximum Gasteiger partial charge on any atom is 0.449 e. The number of halogens is 4. The van der Waals surface area contributed by atoms with E-state index in [9.17, 15) is 18.0 Å². The molecule has 10 heteroatoms. The maximum absolute atomic E-state index is 13.2. The smallest absolute Gasteiger partial charge is 0.338 e. The molecule has 2 heterocycles. The monoisotopic (exact) mass is 411 g/mol. The van der Waals surface area contributed by atoms with Crippen LogP contribution in [-0.2, 0) is 12.7 Å². The van der Waals surface area contributed by atoms with Crippen LogP contribution in [0.1, 0.15) is 17.8 Å². The summed E-state index contributed by atoms with van der Waals surface area (Å²) in [4.78, 5) is 19.6. The second kappa shape index (κ2) is 8.05. The van der Waals surface area contributed by atoms with Gasteiger partial charge in [0.25, 0.3) is 0 Å². The first-order valence-electron chi connectivity index (χ1n) is 8.45. The number of anilines is 1. The largest absolute Gasteiger partial charge is 0.449 e. The van der Waals surface area contributed by atoms with Crippen LogP contribution in [0, 0.1) is 6.92 Å². The van der Waals surface area contributed by atoms with Crippen molar-refractivity contribution in [1.29, 1.82) is 0 Å². The van der Waals surface area contributed by atoms with Crippen LogP contribution in [0.5, 0.6) is 0 Å². The molecular weight excluding hydrogens is 395 g/mol. The molecule has 0 atom stereocenters. The number of benzene rings is 1. The minimum atomic E-state index is -4.59. The van der Waals surface area contributed by atoms with Crippen molar-refractivity contribution in [2.45, 2.75) is 26.1 Å². The molecule has 28 heavy (non-hydrogen) atoms. The van der Waals surface area contributed by atoms with Crippen molar-refractivity contribution in [1.82, 2.24) is 19.9 Å². The summed E-state index contributed by atoms with van der Waals surface area (Å²) in [6.07, 6.45) is -2.90. The number of alkyl halides is 3. The molecule has 0 aliphatic heterocycles. The van der Waals surface area contributed by atoms with Crippen LogP contribution in [-0.4, -0.2) is 27.1 Å². The summed E-state index contributed by atoms with van der Waals surface area (Å²) in [6.45, 7) is 2.03. The first-order chi connectivity index (χ1) is 13.3. The maximum atomic E-state index is 13.2. The first kappa shape index (κ1) is 19.9. The highest BCUT2D eigenvalue weighted by atomic mass is 35.5. The number of carbonyl (C=O) groups excluding carboxylic acids is 1. The van der Waals surface area contributed by atoms with Crippen molar-refractivity contribution in [3.05, 3.63) is 52.9 Å². The van der Waals surface area contributed by atoms with Crippen molar-refractivity contribution in [2.75, 3.05) is 11.9 Å². The van der Waals surface area contributed by atoms with Gasteiger partial charge in [-0.2, -0.15) is 13.2 Å². The Morgan fingerprint density at radius 2 is 2.07 bits per heavy atom. The molecular formula is C18H17ClF3N5O. The average Bonchev–Trinajstić information content (AvgIpc) is 3.01. The Balaban J connectivity index is 1.59. The summed E-state index contributed by atoms with van der Waals surface area (Å²) in [5.41, 5.74) is 1.75. The standard InChI is InChI=1S/C18H17ClF3N5O/c1-11-5-6-12(10-13(11)19)25-17(28)24-8-3-9-27-15-14(4-2-7-23-15)26-16(27)18(20,21)22/h2,4-7,10H,3,8-9H2,1H3,(H2,24,25,28). The zero-order valence-corrected chi connectivity index (χ0v) is 15.6. The van der Waals surface area contributed by atoms with Gasteiger partial charge in [-0.15, -0.1) is 0 Å². The van der Waals surface area contributed by atoms with E-state index in [1.807, 2.05) is 6.92 Å². The molecule has 0 radical (unpaired) electrons. The molecule has 0 saturated heterocycles. The number of fused-ring (bicyclic) bond motifs is 1. The van der Waals surface area contributed by atoms with Gasteiger partial charge in [0, 0.05) is 30.0 Å². The van der Waals surface area contributed by atoms with Gasteiger partial charge in [0.05, 0.1) is 0 Å². The van der Waals surface area contributed by atoms with Gasteiger partial charge >= 0.3 is 12.2 Å². The van der Waals surface area contributed by atoms with Crippen LogP contribution >= 0.6 is 11.6 Å². The second-order valence-electron chi connectivity index (χ2n) is 6.13. The van der Waals surface area contributed by atoms with Gasteiger partial charge in [0.2, 0.25) is 5.82 Å². The van der Waals surface area contributed by atoms with Crippen LogP contribution in [0.3, 0.4) is 0 Å². The molecule has 3 rings (SSSR count). The van der Waals surface area contributed by atoms with Crippen LogP contribution in [0.25, 0.3) is 11.2 Å². The van der Waals surface area contributed by atoms with Crippen LogP contribution in [0.4, 0.5) is 23.7 Å². The lowest BCUT2D eigenvalue weighted by Gasteiger charge is -2.12. The SMILES string of the molecule is Cc1ccc(NC(=O)NCCCn2c(C(F)(F)F)nc3cccnc32)cc1Cl. The number of pyridine rings is 1. The molecule has 0 bridgehead atoms. The highest BCUT2D eigenvalue weighted by Crippen LogP contribution is 2.31. The third-order valence-corrected chi connectivity index (χ3v) is 4.44. The summed E-state index contributed by atoms with van der Waals surface area (Å²) >= 11 is 6.00. The van der Waals surface area contributed by atoms with E-state index in [1.165, 1.54) is 18.3 Å². The van der Waals surface area contributed by atoms with Crippen molar-refractivity contribution in [2.24, 2.45) is 0 Å². The number of rotatable bonds is 5. The van der Waals surface area contributed by atoms with Gasteiger partial charge in [-0.1, -0.05) is 17.7 Å². The van der Waals surface area contributed by atoms with E-state index in [-0.39, 0.29) is 30.7 Å². The van der Waals surface area contributed by atoms with E-state index in [2.05, 4.69) is 20.6 Å². The Kier molecular flexibility index (Phi) is 5.73. The number of aromatic nitrogens is 3. The van der Waals surface area contributed by atoms with Gasteiger partial charge in [-0.3, -0.25) is 0 Å². The fourth-order valence-electron chi connectivity index (χ4n) is 2.67. The summed E-state index contributed by atoms with van der Waals surface area (Å²) in [5.74, 6) is -1.00. The summed E-state index contributed by atoms with van der Waals surface area (Å²) < 4.78 is 40.7. The van der Waals surface area contributed by atoms with E-state index in [0.29, 0.717) is 10.7 Å². The molecule has 0 aliphatic rings. The number of nitrogens with one attached hydrogen (secondary N) is 2. The molecule has 0 aliphatic carbocycles. The number of hydrogen-bond donors (Lipinski definition) is 2. The lowest BCUT2D eigenvalue weighted by Crippen LogP contribution is -2.30. The number of urea groups is 1. The highest BCUT2D eigenvalue weighted by Gasteiger charge is 2.37. The first-order valence-corrected chi connectivity index (χ1v) is 8.83. The lowest BCUT2D eigenvalue weighted by molar-refractivity contribution is -0.147. The third kappa shape index (κ3) is 4.53. The van der Waals surface area contributed by atoms with Crippen LogP contribution in [0.2, 0.25) is 5.02 Å². The number of amides is 2. The molecule has 2 aromatic heterocycles. The van der Waals surface area contributed by atoms with Crippen molar-refractivity contribution in [3.63, 3.8) is 0 Å². The van der Waals surface area contributed by atoms with E-state index in [1.54, 1.807) is 18.2 Å². The highest BCUT2D eigenvalue weighted by molar-refractivity contribution is 6.31. The minimum absolute atomic E-state index is 0.0129. The Labute approximate surface area is 163 Å².